The minimum atomic E-state index is -5.03. The van der Waals surface area contributed by atoms with Crippen LogP contribution in [0.1, 0.15) is 89.2 Å². The summed E-state index contributed by atoms with van der Waals surface area (Å²) >= 11 is 0. The monoisotopic (exact) mass is 428 g/mol. The fourth-order valence-corrected chi connectivity index (χ4v) is 5.66. The molecule has 0 saturated heterocycles. The summed E-state index contributed by atoms with van der Waals surface area (Å²) in [5.74, 6) is -0.246. The molecule has 0 N–H and O–H groups in total. The van der Waals surface area contributed by atoms with Crippen LogP contribution in [0.4, 0.5) is 22.0 Å². The van der Waals surface area contributed by atoms with E-state index in [4.69, 9.17) is 0 Å². The van der Waals surface area contributed by atoms with Crippen molar-refractivity contribution in [2.24, 2.45) is 23.7 Å². The molecule has 2 aliphatic carbocycles. The molecular formula is C25H33F5. The third-order valence-corrected chi connectivity index (χ3v) is 7.34. The number of benzene rings is 1. The van der Waals surface area contributed by atoms with E-state index >= 15 is 0 Å². The quantitative estimate of drug-likeness (QED) is 0.411. The molecule has 0 bridgehead atoms. The highest BCUT2D eigenvalue weighted by atomic mass is 19.4. The Balaban J connectivity index is 1.58. The van der Waals surface area contributed by atoms with Crippen molar-refractivity contribution in [2.75, 3.05) is 0 Å². The van der Waals surface area contributed by atoms with Gasteiger partial charge in [-0.05, 0) is 92.4 Å². The number of hydrogen-bond acceptors (Lipinski definition) is 0. The van der Waals surface area contributed by atoms with Crippen LogP contribution >= 0.6 is 0 Å². The molecule has 0 amide bonds. The first-order chi connectivity index (χ1) is 14.2. The molecule has 1 aromatic rings. The van der Waals surface area contributed by atoms with E-state index in [1.807, 2.05) is 6.08 Å². The normalized spacial score (nSPS) is 28.6. The Morgan fingerprint density at radius 3 is 1.87 bits per heavy atom. The Labute approximate surface area is 176 Å². The van der Waals surface area contributed by atoms with E-state index in [1.165, 1.54) is 51.4 Å². The predicted molar refractivity (Wildman–Crippen MR) is 111 cm³/mol. The molecule has 0 radical (unpaired) electrons. The number of alkyl halides is 3. The molecule has 2 aliphatic rings. The average molecular weight is 429 g/mol. The van der Waals surface area contributed by atoms with Gasteiger partial charge in [-0.15, -0.1) is 0 Å². The lowest BCUT2D eigenvalue weighted by Crippen LogP contribution is -2.25. The summed E-state index contributed by atoms with van der Waals surface area (Å²) in [5.41, 5.74) is -0.979. The maximum Gasteiger partial charge on any atom is 0.422 e. The number of allylic oxidation sites excluding steroid dienone is 2. The second-order valence-electron chi connectivity index (χ2n) is 9.41. The minimum absolute atomic E-state index is 0.189. The highest BCUT2D eigenvalue weighted by Crippen LogP contribution is 2.43. The smallest absolute Gasteiger partial charge is 0.206 e. The van der Waals surface area contributed by atoms with Gasteiger partial charge < -0.3 is 0 Å². The Morgan fingerprint density at radius 2 is 1.40 bits per heavy atom. The molecule has 0 heterocycles. The van der Waals surface area contributed by atoms with Crippen molar-refractivity contribution >= 4 is 5.57 Å². The molecule has 168 valence electrons. The van der Waals surface area contributed by atoms with Crippen LogP contribution in [0.15, 0.2) is 18.2 Å². The molecule has 2 saturated carbocycles. The second-order valence-corrected chi connectivity index (χ2v) is 9.41. The molecule has 3 rings (SSSR count). The number of halogens is 5. The molecule has 0 aromatic heterocycles. The Morgan fingerprint density at radius 1 is 0.900 bits per heavy atom. The van der Waals surface area contributed by atoms with Gasteiger partial charge in [-0.2, -0.15) is 13.2 Å². The Kier molecular flexibility index (Phi) is 7.62. The molecular weight excluding hydrogens is 395 g/mol. The zero-order valence-corrected chi connectivity index (χ0v) is 18.0. The van der Waals surface area contributed by atoms with Crippen molar-refractivity contribution in [2.45, 2.75) is 84.2 Å². The first-order valence-corrected chi connectivity index (χ1v) is 11.4. The first kappa shape index (κ1) is 23.3. The summed E-state index contributed by atoms with van der Waals surface area (Å²) < 4.78 is 66.1. The zero-order chi connectivity index (χ0) is 21.9. The van der Waals surface area contributed by atoms with Crippen molar-refractivity contribution < 1.29 is 22.0 Å². The summed E-state index contributed by atoms with van der Waals surface area (Å²) in [6.07, 6.45) is 9.45. The third kappa shape index (κ3) is 5.64. The van der Waals surface area contributed by atoms with Gasteiger partial charge in [0.1, 0.15) is 17.2 Å². The van der Waals surface area contributed by atoms with E-state index in [9.17, 15) is 22.0 Å². The SMILES string of the molecule is CCCC1CCC(C2CCC(C=C(C)c3cc(F)c(C(F)(F)F)c(F)c3)CC2)CC1. The molecule has 0 aliphatic heterocycles. The van der Waals surface area contributed by atoms with E-state index in [2.05, 4.69) is 6.92 Å². The molecule has 0 nitrogen and oxygen atoms in total. The fourth-order valence-electron chi connectivity index (χ4n) is 5.66. The Hall–Kier alpha value is -1.39. The van der Waals surface area contributed by atoms with Gasteiger partial charge in [-0.25, -0.2) is 8.78 Å². The highest BCUT2D eigenvalue weighted by molar-refractivity contribution is 5.64. The lowest BCUT2D eigenvalue weighted by Gasteiger charge is -2.37. The topological polar surface area (TPSA) is 0 Å². The van der Waals surface area contributed by atoms with Crippen LogP contribution in [0, 0.1) is 35.3 Å². The summed E-state index contributed by atoms with van der Waals surface area (Å²) in [6, 6.07) is 1.61. The molecule has 0 atom stereocenters. The predicted octanol–water partition coefficient (Wildman–Crippen LogP) is 8.80. The zero-order valence-electron chi connectivity index (χ0n) is 18.0. The van der Waals surface area contributed by atoms with Crippen LogP contribution in [0.3, 0.4) is 0 Å². The highest BCUT2D eigenvalue weighted by Gasteiger charge is 2.38. The fraction of sp³-hybridized carbons (Fsp3) is 0.680. The van der Waals surface area contributed by atoms with E-state index < -0.39 is 23.4 Å². The van der Waals surface area contributed by atoms with Gasteiger partial charge in [0, 0.05) is 0 Å². The van der Waals surface area contributed by atoms with Gasteiger partial charge >= 0.3 is 6.18 Å². The van der Waals surface area contributed by atoms with Crippen LogP contribution in [0.5, 0.6) is 0 Å². The second kappa shape index (κ2) is 9.82. The average Bonchev–Trinajstić information content (AvgIpc) is 2.68. The van der Waals surface area contributed by atoms with Crippen LogP contribution in [-0.4, -0.2) is 0 Å². The summed E-state index contributed by atoms with van der Waals surface area (Å²) in [5, 5.41) is 0. The molecule has 30 heavy (non-hydrogen) atoms. The third-order valence-electron chi connectivity index (χ3n) is 7.34. The van der Waals surface area contributed by atoms with Crippen LogP contribution in [-0.2, 0) is 6.18 Å². The summed E-state index contributed by atoms with van der Waals surface area (Å²) in [4.78, 5) is 0. The standard InChI is InChI=1S/C25H33F5/c1-3-4-17-5-9-19(10-6-17)20-11-7-18(8-12-20)13-16(2)21-14-22(26)24(23(27)15-21)25(28,29)30/h13-15,17-20H,3-12H2,1-2H3. The van der Waals surface area contributed by atoms with Crippen molar-refractivity contribution in [1.29, 1.82) is 0 Å². The van der Waals surface area contributed by atoms with Crippen molar-refractivity contribution in [3.63, 3.8) is 0 Å². The minimum Gasteiger partial charge on any atom is -0.206 e. The summed E-state index contributed by atoms with van der Waals surface area (Å²) in [6.45, 7) is 3.99. The molecule has 2 fully saturated rings. The molecule has 5 heteroatoms. The summed E-state index contributed by atoms with van der Waals surface area (Å²) in [7, 11) is 0. The van der Waals surface area contributed by atoms with Crippen LogP contribution in [0.2, 0.25) is 0 Å². The van der Waals surface area contributed by atoms with Crippen LogP contribution < -0.4 is 0 Å². The van der Waals surface area contributed by atoms with E-state index in [0.29, 0.717) is 11.5 Å². The van der Waals surface area contributed by atoms with Gasteiger partial charge in [0.25, 0.3) is 0 Å². The Bertz CT molecular complexity index is 709. The van der Waals surface area contributed by atoms with E-state index in [1.54, 1.807) is 6.92 Å². The number of rotatable bonds is 5. The number of hydrogen-bond donors (Lipinski definition) is 0. The van der Waals surface area contributed by atoms with E-state index in [-0.39, 0.29) is 5.56 Å². The maximum absolute atomic E-state index is 13.9. The first-order valence-electron chi connectivity index (χ1n) is 11.4. The van der Waals surface area contributed by atoms with Crippen molar-refractivity contribution in [1.82, 2.24) is 0 Å². The van der Waals surface area contributed by atoms with Crippen molar-refractivity contribution in [3.05, 3.63) is 41.0 Å². The lowest BCUT2D eigenvalue weighted by atomic mass is 9.68. The lowest BCUT2D eigenvalue weighted by molar-refractivity contribution is -0.142. The van der Waals surface area contributed by atoms with Gasteiger partial charge in [0.15, 0.2) is 0 Å². The van der Waals surface area contributed by atoms with E-state index in [0.717, 1.165) is 42.7 Å². The largest absolute Gasteiger partial charge is 0.422 e. The van der Waals surface area contributed by atoms with Gasteiger partial charge in [0.2, 0.25) is 0 Å². The molecule has 1 aromatic carbocycles. The molecule has 0 unspecified atom stereocenters. The van der Waals surface area contributed by atoms with Crippen molar-refractivity contribution in [3.8, 4) is 0 Å². The maximum atomic E-state index is 13.9. The van der Waals surface area contributed by atoms with Gasteiger partial charge in [-0.1, -0.05) is 38.7 Å². The van der Waals surface area contributed by atoms with Crippen LogP contribution in [0.25, 0.3) is 5.57 Å². The molecule has 0 spiro atoms. The van der Waals surface area contributed by atoms with Gasteiger partial charge in [-0.3, -0.25) is 0 Å². The van der Waals surface area contributed by atoms with Gasteiger partial charge in [0.05, 0.1) is 0 Å².